The number of likely N-dealkylation sites (tertiary alicyclic amines) is 1. The van der Waals surface area contributed by atoms with Gasteiger partial charge in [-0.2, -0.15) is 0 Å². The molecule has 6 heteroatoms. The fraction of sp³-hybridized carbons (Fsp3) is 0.478. The summed E-state index contributed by atoms with van der Waals surface area (Å²) in [7, 11) is 0. The Morgan fingerprint density at radius 3 is 2.76 bits per heavy atom. The largest absolute Gasteiger partial charge is 0.445 e. The molecule has 0 aliphatic carbocycles. The van der Waals surface area contributed by atoms with Gasteiger partial charge in [-0.05, 0) is 61.8 Å². The van der Waals surface area contributed by atoms with Gasteiger partial charge >= 0.3 is 5.97 Å². The molecule has 0 saturated carbocycles. The van der Waals surface area contributed by atoms with E-state index in [1.54, 1.807) is 24.3 Å². The van der Waals surface area contributed by atoms with E-state index in [4.69, 9.17) is 4.74 Å². The third-order valence-electron chi connectivity index (χ3n) is 6.15. The topological polar surface area (TPSA) is 58.6 Å². The van der Waals surface area contributed by atoms with Crippen LogP contribution in [0.3, 0.4) is 0 Å². The highest BCUT2D eigenvalue weighted by Crippen LogP contribution is 2.31. The first-order chi connectivity index (χ1) is 14.0. The zero-order chi connectivity index (χ0) is 20.4. The van der Waals surface area contributed by atoms with Crippen LogP contribution in [0, 0.1) is 5.92 Å². The molecule has 1 saturated heterocycles. The lowest BCUT2D eigenvalue weighted by atomic mass is 9.89. The molecule has 154 valence electrons. The predicted molar refractivity (Wildman–Crippen MR) is 114 cm³/mol. The number of ether oxygens (including phenoxy) is 1. The lowest BCUT2D eigenvalue weighted by molar-refractivity contribution is -0.140. The summed E-state index contributed by atoms with van der Waals surface area (Å²) in [6.45, 7) is 6.61. The van der Waals surface area contributed by atoms with Crippen LogP contribution in [0.15, 0.2) is 41.8 Å². The van der Waals surface area contributed by atoms with Crippen molar-refractivity contribution < 1.29 is 14.3 Å². The second kappa shape index (κ2) is 8.28. The molecule has 1 aromatic carbocycles. The summed E-state index contributed by atoms with van der Waals surface area (Å²) in [5, 5.41) is 5.17. The van der Waals surface area contributed by atoms with Crippen LogP contribution in [0.4, 0.5) is 0 Å². The second-order valence-electron chi connectivity index (χ2n) is 8.41. The van der Waals surface area contributed by atoms with Gasteiger partial charge in [-0.25, -0.2) is 4.79 Å². The van der Waals surface area contributed by atoms with Crippen molar-refractivity contribution in [3.8, 4) is 0 Å². The van der Waals surface area contributed by atoms with E-state index in [-0.39, 0.29) is 11.9 Å². The van der Waals surface area contributed by atoms with Crippen LogP contribution in [0.25, 0.3) is 0 Å². The van der Waals surface area contributed by atoms with E-state index in [1.807, 2.05) is 18.2 Å². The Balaban J connectivity index is 1.46. The SMILES string of the molecule is CC1CCN(C(CNC(=O)C2(C)Cc3ccccc3C(=O)O2)c2cccs2)CC1. The molecule has 1 fully saturated rings. The molecule has 1 amide bonds. The number of carbonyl (C=O) groups is 2. The van der Waals surface area contributed by atoms with Gasteiger partial charge in [0.1, 0.15) is 0 Å². The number of benzene rings is 1. The maximum Gasteiger partial charge on any atom is 0.339 e. The normalized spacial score (nSPS) is 23.9. The van der Waals surface area contributed by atoms with Crippen LogP contribution in [0.1, 0.15) is 53.5 Å². The third-order valence-corrected chi connectivity index (χ3v) is 7.12. The minimum atomic E-state index is -1.18. The summed E-state index contributed by atoms with van der Waals surface area (Å²) in [5.74, 6) is 0.0991. The van der Waals surface area contributed by atoms with Gasteiger partial charge in [0.25, 0.3) is 5.91 Å². The Morgan fingerprint density at radius 2 is 2.03 bits per heavy atom. The highest BCUT2D eigenvalue weighted by Gasteiger charge is 2.42. The fourth-order valence-corrected chi connectivity index (χ4v) is 5.13. The molecule has 2 unspecified atom stereocenters. The van der Waals surface area contributed by atoms with E-state index >= 15 is 0 Å². The second-order valence-corrected chi connectivity index (χ2v) is 9.39. The molecule has 2 atom stereocenters. The van der Waals surface area contributed by atoms with E-state index < -0.39 is 11.6 Å². The van der Waals surface area contributed by atoms with Crippen molar-refractivity contribution in [3.05, 3.63) is 57.8 Å². The Hall–Kier alpha value is -2.18. The molecule has 3 heterocycles. The highest BCUT2D eigenvalue weighted by molar-refractivity contribution is 7.10. The van der Waals surface area contributed by atoms with Crippen LogP contribution < -0.4 is 5.32 Å². The fourth-order valence-electron chi connectivity index (χ4n) is 4.27. The number of carbonyl (C=O) groups excluding carboxylic acids is 2. The molecular weight excluding hydrogens is 384 g/mol. The van der Waals surface area contributed by atoms with E-state index in [9.17, 15) is 9.59 Å². The number of fused-ring (bicyclic) bond motifs is 1. The summed E-state index contributed by atoms with van der Waals surface area (Å²) in [6.07, 6.45) is 2.76. The smallest absolute Gasteiger partial charge is 0.339 e. The first-order valence-electron chi connectivity index (χ1n) is 10.3. The van der Waals surface area contributed by atoms with E-state index in [2.05, 4.69) is 34.7 Å². The lowest BCUT2D eigenvalue weighted by Crippen LogP contribution is -2.53. The average Bonchev–Trinajstić information content (AvgIpc) is 3.24. The number of cyclic esters (lactones) is 1. The van der Waals surface area contributed by atoms with Crippen LogP contribution in [0.2, 0.25) is 0 Å². The molecule has 4 rings (SSSR count). The van der Waals surface area contributed by atoms with E-state index in [0.717, 1.165) is 24.6 Å². The number of nitrogens with one attached hydrogen (secondary N) is 1. The Labute approximate surface area is 176 Å². The Kier molecular flexibility index (Phi) is 5.74. The number of rotatable bonds is 5. The Bertz CT molecular complexity index is 874. The molecule has 2 aromatic rings. The van der Waals surface area contributed by atoms with Gasteiger partial charge in [0.2, 0.25) is 0 Å². The van der Waals surface area contributed by atoms with Gasteiger partial charge in [-0.3, -0.25) is 9.69 Å². The summed E-state index contributed by atoms with van der Waals surface area (Å²) in [5.41, 5.74) is 0.236. The molecule has 2 aliphatic heterocycles. The molecule has 5 nitrogen and oxygen atoms in total. The summed E-state index contributed by atoms with van der Waals surface area (Å²) >= 11 is 1.72. The maximum absolute atomic E-state index is 13.1. The van der Waals surface area contributed by atoms with Crippen LogP contribution in [-0.4, -0.2) is 42.0 Å². The number of esters is 1. The number of piperidine rings is 1. The molecule has 1 N–H and O–H groups in total. The van der Waals surface area contributed by atoms with E-state index in [0.29, 0.717) is 18.5 Å². The molecule has 0 bridgehead atoms. The number of thiophene rings is 1. The molecule has 29 heavy (non-hydrogen) atoms. The maximum atomic E-state index is 13.1. The molecule has 0 radical (unpaired) electrons. The van der Waals surface area contributed by atoms with Crippen LogP contribution in [0.5, 0.6) is 0 Å². The van der Waals surface area contributed by atoms with Crippen molar-refractivity contribution in [2.75, 3.05) is 19.6 Å². The monoisotopic (exact) mass is 412 g/mol. The standard InChI is InChI=1S/C23H28N2O3S/c1-16-9-11-25(12-10-16)19(20-8-5-13-29-20)15-24-22(27)23(2)14-17-6-3-4-7-18(17)21(26)28-23/h3-8,13,16,19H,9-12,14-15H2,1-2H3,(H,24,27). The quantitative estimate of drug-likeness (QED) is 0.759. The minimum Gasteiger partial charge on any atom is -0.445 e. The van der Waals surface area contributed by atoms with Gasteiger partial charge < -0.3 is 10.1 Å². The first-order valence-corrected chi connectivity index (χ1v) is 11.2. The van der Waals surface area contributed by atoms with Crippen molar-refractivity contribution in [2.24, 2.45) is 5.92 Å². The number of nitrogens with zero attached hydrogens (tertiary/aromatic N) is 1. The molecule has 1 aromatic heterocycles. The number of hydrogen-bond acceptors (Lipinski definition) is 5. The highest BCUT2D eigenvalue weighted by atomic mass is 32.1. The molecule has 2 aliphatic rings. The van der Waals surface area contributed by atoms with Crippen molar-refractivity contribution >= 4 is 23.2 Å². The van der Waals surface area contributed by atoms with Crippen molar-refractivity contribution in [1.29, 1.82) is 0 Å². The van der Waals surface area contributed by atoms with Crippen molar-refractivity contribution in [3.63, 3.8) is 0 Å². The van der Waals surface area contributed by atoms with Gasteiger partial charge in [-0.15, -0.1) is 11.3 Å². The van der Waals surface area contributed by atoms with Gasteiger partial charge in [-0.1, -0.05) is 31.2 Å². The zero-order valence-electron chi connectivity index (χ0n) is 17.0. The zero-order valence-corrected chi connectivity index (χ0v) is 17.8. The van der Waals surface area contributed by atoms with Gasteiger partial charge in [0, 0.05) is 17.8 Å². The number of hydrogen-bond donors (Lipinski definition) is 1. The summed E-state index contributed by atoms with van der Waals surface area (Å²) < 4.78 is 5.58. The van der Waals surface area contributed by atoms with Gasteiger partial charge in [0.05, 0.1) is 11.6 Å². The summed E-state index contributed by atoms with van der Waals surface area (Å²) in [4.78, 5) is 29.2. The third kappa shape index (κ3) is 4.23. The van der Waals surface area contributed by atoms with Gasteiger partial charge in [0.15, 0.2) is 5.60 Å². The Morgan fingerprint density at radius 1 is 1.28 bits per heavy atom. The van der Waals surface area contributed by atoms with Crippen LogP contribution >= 0.6 is 11.3 Å². The number of amides is 1. The van der Waals surface area contributed by atoms with Crippen LogP contribution in [-0.2, 0) is 16.0 Å². The molecule has 0 spiro atoms. The first kappa shape index (κ1) is 20.1. The van der Waals surface area contributed by atoms with Crippen molar-refractivity contribution in [1.82, 2.24) is 10.2 Å². The summed E-state index contributed by atoms with van der Waals surface area (Å²) in [6, 6.07) is 11.7. The molecular formula is C23H28N2O3S. The van der Waals surface area contributed by atoms with Crippen molar-refractivity contribution in [2.45, 2.75) is 44.8 Å². The van der Waals surface area contributed by atoms with E-state index in [1.165, 1.54) is 17.7 Å². The lowest BCUT2D eigenvalue weighted by Gasteiger charge is -2.37. The average molecular weight is 413 g/mol. The predicted octanol–water partition coefficient (Wildman–Crippen LogP) is 3.81. The minimum absolute atomic E-state index is 0.154.